The average molecular weight is 341 g/mol. The van der Waals surface area contributed by atoms with E-state index in [4.69, 9.17) is 5.73 Å². The predicted octanol–water partition coefficient (Wildman–Crippen LogP) is 4.59. The molecular formula is C13H7BrF2N2S. The quantitative estimate of drug-likeness (QED) is 0.658. The number of halogens is 3. The zero-order valence-electron chi connectivity index (χ0n) is 9.45. The van der Waals surface area contributed by atoms with Crippen LogP contribution in [0.1, 0.15) is 0 Å². The molecule has 6 heteroatoms. The molecule has 2 aromatic carbocycles. The maximum absolute atomic E-state index is 13.9. The summed E-state index contributed by atoms with van der Waals surface area (Å²) >= 11 is 4.26. The van der Waals surface area contributed by atoms with Gasteiger partial charge in [0.1, 0.15) is 16.6 Å². The van der Waals surface area contributed by atoms with Gasteiger partial charge in [-0.3, -0.25) is 0 Å². The second-order valence-electron chi connectivity index (χ2n) is 3.99. The molecule has 0 spiro atoms. The Balaban J connectivity index is 2.24. The number of nitrogens with zero attached hydrogens (tertiary/aromatic N) is 1. The Morgan fingerprint density at radius 3 is 2.47 bits per heavy atom. The molecule has 0 amide bonds. The summed E-state index contributed by atoms with van der Waals surface area (Å²) in [6.45, 7) is 0. The third-order valence-corrected chi connectivity index (χ3v) is 4.13. The Bertz CT molecular complexity index is 762. The second-order valence-corrected chi connectivity index (χ2v) is 5.94. The van der Waals surface area contributed by atoms with Crippen LogP contribution in [0.3, 0.4) is 0 Å². The monoisotopic (exact) mass is 340 g/mol. The van der Waals surface area contributed by atoms with Gasteiger partial charge in [0.2, 0.25) is 0 Å². The molecule has 0 aliphatic heterocycles. The van der Waals surface area contributed by atoms with Crippen LogP contribution < -0.4 is 5.73 Å². The highest BCUT2D eigenvalue weighted by atomic mass is 79.9. The first-order valence-corrected chi connectivity index (χ1v) is 6.96. The fourth-order valence-corrected chi connectivity index (χ4v) is 3.26. The number of hydrogen-bond donors (Lipinski definition) is 1. The number of hydrogen-bond acceptors (Lipinski definition) is 3. The van der Waals surface area contributed by atoms with Crippen molar-refractivity contribution in [3.05, 3.63) is 46.4 Å². The van der Waals surface area contributed by atoms with E-state index in [9.17, 15) is 8.78 Å². The molecule has 1 heterocycles. The molecule has 1 aromatic heterocycles. The van der Waals surface area contributed by atoms with Crippen LogP contribution in [0.5, 0.6) is 0 Å². The number of aromatic nitrogens is 1. The van der Waals surface area contributed by atoms with E-state index >= 15 is 0 Å². The van der Waals surface area contributed by atoms with E-state index in [0.717, 1.165) is 4.70 Å². The molecule has 3 rings (SSSR count). The van der Waals surface area contributed by atoms with Crippen molar-refractivity contribution in [1.82, 2.24) is 4.98 Å². The maximum Gasteiger partial charge on any atom is 0.137 e. The molecule has 0 aliphatic rings. The van der Waals surface area contributed by atoms with Crippen molar-refractivity contribution in [3.63, 3.8) is 0 Å². The standard InChI is InChI=1S/C13H7BrF2N2S/c14-6-3-8(15)12(9(16)4-6)13-18-10-2-1-7(17)5-11(10)19-13/h1-5H,17H2. The van der Waals surface area contributed by atoms with Gasteiger partial charge in [-0.25, -0.2) is 13.8 Å². The number of nitrogen functional groups attached to an aromatic ring is 1. The minimum Gasteiger partial charge on any atom is -0.399 e. The molecule has 2 N–H and O–H groups in total. The molecule has 0 saturated heterocycles. The lowest BCUT2D eigenvalue weighted by Gasteiger charge is -2.01. The first-order valence-electron chi connectivity index (χ1n) is 5.35. The van der Waals surface area contributed by atoms with E-state index in [2.05, 4.69) is 20.9 Å². The van der Waals surface area contributed by atoms with Crippen LogP contribution in [0.4, 0.5) is 14.5 Å². The highest BCUT2D eigenvalue weighted by molar-refractivity contribution is 9.10. The molecule has 0 radical (unpaired) electrons. The van der Waals surface area contributed by atoms with Gasteiger partial charge < -0.3 is 5.73 Å². The molecule has 0 aliphatic carbocycles. The third-order valence-electron chi connectivity index (χ3n) is 2.63. The van der Waals surface area contributed by atoms with Gasteiger partial charge in [-0.15, -0.1) is 11.3 Å². The molecule has 0 fully saturated rings. The first kappa shape index (κ1) is 12.5. The molecule has 19 heavy (non-hydrogen) atoms. The van der Waals surface area contributed by atoms with Gasteiger partial charge in [0.05, 0.1) is 15.8 Å². The fourth-order valence-electron chi connectivity index (χ4n) is 1.79. The van der Waals surface area contributed by atoms with Crippen molar-refractivity contribution in [1.29, 1.82) is 0 Å². The van der Waals surface area contributed by atoms with Crippen LogP contribution in [0, 0.1) is 11.6 Å². The van der Waals surface area contributed by atoms with Crippen molar-refractivity contribution >= 4 is 43.2 Å². The van der Waals surface area contributed by atoms with Gasteiger partial charge >= 0.3 is 0 Å². The summed E-state index contributed by atoms with van der Waals surface area (Å²) in [5, 5.41) is 0.308. The molecule has 96 valence electrons. The van der Waals surface area contributed by atoms with Crippen LogP contribution >= 0.6 is 27.3 Å². The Labute approximate surface area is 120 Å². The van der Waals surface area contributed by atoms with E-state index in [1.54, 1.807) is 18.2 Å². The maximum atomic E-state index is 13.9. The Kier molecular flexibility index (Phi) is 2.99. The summed E-state index contributed by atoms with van der Waals surface area (Å²) in [7, 11) is 0. The molecular weight excluding hydrogens is 334 g/mol. The van der Waals surface area contributed by atoms with Crippen LogP contribution in [-0.4, -0.2) is 4.98 Å². The van der Waals surface area contributed by atoms with Gasteiger partial charge in [-0.1, -0.05) is 15.9 Å². The van der Waals surface area contributed by atoms with E-state index in [1.807, 2.05) is 0 Å². The van der Waals surface area contributed by atoms with Crippen molar-refractivity contribution in [2.24, 2.45) is 0 Å². The third kappa shape index (κ3) is 2.21. The average Bonchev–Trinajstić information content (AvgIpc) is 2.69. The summed E-state index contributed by atoms with van der Waals surface area (Å²) in [6, 6.07) is 7.63. The predicted molar refractivity (Wildman–Crippen MR) is 77.1 cm³/mol. The molecule has 0 unspecified atom stereocenters. The summed E-state index contributed by atoms with van der Waals surface area (Å²) in [4.78, 5) is 4.24. The lowest BCUT2D eigenvalue weighted by atomic mass is 10.2. The van der Waals surface area contributed by atoms with Crippen molar-refractivity contribution in [2.45, 2.75) is 0 Å². The van der Waals surface area contributed by atoms with E-state index in [1.165, 1.54) is 23.5 Å². The lowest BCUT2D eigenvalue weighted by molar-refractivity contribution is 0.588. The van der Waals surface area contributed by atoms with Gasteiger partial charge in [-0.05, 0) is 30.3 Å². The molecule has 0 bridgehead atoms. The normalized spacial score (nSPS) is 11.1. The van der Waals surface area contributed by atoms with Crippen molar-refractivity contribution in [2.75, 3.05) is 5.73 Å². The van der Waals surface area contributed by atoms with Crippen LogP contribution in [-0.2, 0) is 0 Å². The van der Waals surface area contributed by atoms with Crippen LogP contribution in [0.2, 0.25) is 0 Å². The Hall–Kier alpha value is -1.53. The fraction of sp³-hybridized carbons (Fsp3) is 0. The number of nitrogens with two attached hydrogens (primary N) is 1. The SMILES string of the molecule is Nc1ccc2nc(-c3c(F)cc(Br)cc3F)sc2c1. The van der Waals surface area contributed by atoms with Crippen molar-refractivity contribution in [3.8, 4) is 10.6 Å². The highest BCUT2D eigenvalue weighted by Crippen LogP contribution is 2.35. The van der Waals surface area contributed by atoms with Gasteiger partial charge in [0.25, 0.3) is 0 Å². The smallest absolute Gasteiger partial charge is 0.137 e. The molecule has 0 atom stereocenters. The zero-order chi connectivity index (χ0) is 13.6. The lowest BCUT2D eigenvalue weighted by Crippen LogP contribution is -1.89. The van der Waals surface area contributed by atoms with Crippen molar-refractivity contribution < 1.29 is 8.78 Å². The number of thiazole rings is 1. The summed E-state index contributed by atoms with van der Waals surface area (Å²) in [5.41, 5.74) is 6.84. The minimum atomic E-state index is -0.640. The summed E-state index contributed by atoms with van der Waals surface area (Å²) in [6.07, 6.45) is 0. The van der Waals surface area contributed by atoms with Gasteiger partial charge in [0.15, 0.2) is 0 Å². The van der Waals surface area contributed by atoms with Crippen LogP contribution in [0.15, 0.2) is 34.8 Å². The second kappa shape index (κ2) is 4.54. The largest absolute Gasteiger partial charge is 0.399 e. The summed E-state index contributed by atoms with van der Waals surface area (Å²) in [5.74, 6) is -1.28. The van der Waals surface area contributed by atoms with E-state index in [0.29, 0.717) is 20.7 Å². The molecule has 3 aromatic rings. The van der Waals surface area contributed by atoms with Crippen LogP contribution in [0.25, 0.3) is 20.8 Å². The van der Waals surface area contributed by atoms with Gasteiger partial charge in [0, 0.05) is 10.2 Å². The molecule has 2 nitrogen and oxygen atoms in total. The molecule has 0 saturated carbocycles. The number of anilines is 1. The Morgan fingerprint density at radius 1 is 1.11 bits per heavy atom. The van der Waals surface area contributed by atoms with E-state index in [-0.39, 0.29) is 5.56 Å². The number of rotatable bonds is 1. The van der Waals surface area contributed by atoms with Gasteiger partial charge in [-0.2, -0.15) is 0 Å². The Morgan fingerprint density at radius 2 is 1.79 bits per heavy atom. The zero-order valence-corrected chi connectivity index (χ0v) is 11.9. The summed E-state index contributed by atoms with van der Waals surface area (Å²) < 4.78 is 28.9. The first-order chi connectivity index (χ1) is 9.04. The number of benzene rings is 2. The minimum absolute atomic E-state index is 0.108. The number of fused-ring (bicyclic) bond motifs is 1. The highest BCUT2D eigenvalue weighted by Gasteiger charge is 2.16. The van der Waals surface area contributed by atoms with E-state index < -0.39 is 11.6 Å². The topological polar surface area (TPSA) is 38.9 Å².